The Morgan fingerprint density at radius 3 is 2.40 bits per heavy atom. The Balaban J connectivity index is 1.71. The van der Waals surface area contributed by atoms with Gasteiger partial charge in [0.05, 0.1) is 6.54 Å². The van der Waals surface area contributed by atoms with Crippen LogP contribution < -0.4 is 5.32 Å². The number of allylic oxidation sites excluding steroid dienone is 1. The van der Waals surface area contributed by atoms with Crippen molar-refractivity contribution in [3.8, 4) is 0 Å². The molecule has 0 amide bonds. The Labute approximate surface area is 117 Å². The summed E-state index contributed by atoms with van der Waals surface area (Å²) in [5, 5.41) is 3.12. The molecule has 3 heteroatoms. The van der Waals surface area contributed by atoms with Gasteiger partial charge in [-0.05, 0) is 5.56 Å². The van der Waals surface area contributed by atoms with Crippen molar-refractivity contribution < 1.29 is 9.53 Å². The monoisotopic (exact) mass is 265 g/mol. The summed E-state index contributed by atoms with van der Waals surface area (Å²) in [6.07, 6.45) is 1.48. The van der Waals surface area contributed by atoms with Crippen LogP contribution in [0, 0.1) is 0 Å². The summed E-state index contributed by atoms with van der Waals surface area (Å²) in [7, 11) is 0. The van der Waals surface area contributed by atoms with E-state index in [0.717, 1.165) is 5.56 Å². The maximum Gasteiger partial charge on any atom is 0.191 e. The fourth-order valence-corrected chi connectivity index (χ4v) is 2.17. The number of benzene rings is 2. The van der Waals surface area contributed by atoms with Crippen molar-refractivity contribution in [3.05, 3.63) is 83.7 Å². The molecule has 1 fully saturated rings. The molecule has 0 aliphatic carbocycles. The molecule has 1 unspecified atom stereocenters. The van der Waals surface area contributed by atoms with Gasteiger partial charge >= 0.3 is 0 Å². The molecule has 0 bridgehead atoms. The highest BCUT2D eigenvalue weighted by Crippen LogP contribution is 2.24. The summed E-state index contributed by atoms with van der Waals surface area (Å²) in [5.41, 5.74) is 1.77. The standard InChI is InChI=1S/C17H15NO2/c19-15(13-7-3-1-4-8-13)11-17-18-12-16(20-17)14-9-5-2-6-10-14/h1-11,16,18H,12H2. The number of carbonyl (C=O) groups excluding carboxylic acids is 1. The number of rotatable bonds is 3. The molecule has 2 aromatic rings. The van der Waals surface area contributed by atoms with Crippen molar-refractivity contribution >= 4 is 5.78 Å². The van der Waals surface area contributed by atoms with E-state index in [-0.39, 0.29) is 11.9 Å². The lowest BCUT2D eigenvalue weighted by Crippen LogP contribution is -2.08. The molecule has 20 heavy (non-hydrogen) atoms. The smallest absolute Gasteiger partial charge is 0.191 e. The Morgan fingerprint density at radius 1 is 1.05 bits per heavy atom. The molecule has 1 atom stereocenters. The second-order valence-corrected chi connectivity index (χ2v) is 4.64. The van der Waals surface area contributed by atoms with Gasteiger partial charge in [-0.15, -0.1) is 0 Å². The molecular formula is C17H15NO2. The minimum absolute atomic E-state index is 0.0361. The van der Waals surface area contributed by atoms with Crippen LogP contribution in [0.4, 0.5) is 0 Å². The lowest BCUT2D eigenvalue weighted by Gasteiger charge is -2.08. The normalized spacial score (nSPS) is 19.4. The number of ether oxygens (including phenoxy) is 1. The van der Waals surface area contributed by atoms with Gasteiger partial charge in [0.15, 0.2) is 11.7 Å². The second-order valence-electron chi connectivity index (χ2n) is 4.64. The van der Waals surface area contributed by atoms with E-state index < -0.39 is 0 Å². The van der Waals surface area contributed by atoms with E-state index in [9.17, 15) is 4.79 Å². The molecule has 1 aliphatic rings. The highest BCUT2D eigenvalue weighted by molar-refractivity contribution is 6.04. The summed E-state index contributed by atoms with van der Waals surface area (Å²) in [5.74, 6) is 0.481. The summed E-state index contributed by atoms with van der Waals surface area (Å²) in [6.45, 7) is 0.678. The lowest BCUT2D eigenvalue weighted by molar-refractivity contribution is 0.103. The highest BCUT2D eigenvalue weighted by atomic mass is 16.5. The molecule has 3 rings (SSSR count). The number of hydrogen-bond acceptors (Lipinski definition) is 3. The van der Waals surface area contributed by atoms with Gasteiger partial charge in [0.1, 0.15) is 6.10 Å². The van der Waals surface area contributed by atoms with Crippen molar-refractivity contribution in [3.63, 3.8) is 0 Å². The first kappa shape index (κ1) is 12.5. The van der Waals surface area contributed by atoms with Gasteiger partial charge in [0, 0.05) is 11.6 Å². The summed E-state index contributed by atoms with van der Waals surface area (Å²) < 4.78 is 5.77. The summed E-state index contributed by atoms with van der Waals surface area (Å²) >= 11 is 0. The Morgan fingerprint density at radius 2 is 1.70 bits per heavy atom. The highest BCUT2D eigenvalue weighted by Gasteiger charge is 2.22. The van der Waals surface area contributed by atoms with Crippen LogP contribution in [0.5, 0.6) is 0 Å². The molecule has 0 aromatic heterocycles. The third-order valence-electron chi connectivity index (χ3n) is 3.22. The molecule has 1 aliphatic heterocycles. The summed E-state index contributed by atoms with van der Waals surface area (Å²) in [6, 6.07) is 19.2. The van der Waals surface area contributed by atoms with Crippen molar-refractivity contribution in [1.29, 1.82) is 0 Å². The van der Waals surface area contributed by atoms with Crippen LogP contribution >= 0.6 is 0 Å². The van der Waals surface area contributed by atoms with Crippen molar-refractivity contribution in [2.24, 2.45) is 0 Å². The molecular weight excluding hydrogens is 250 g/mol. The number of ketones is 1. The van der Waals surface area contributed by atoms with Crippen LogP contribution in [0.25, 0.3) is 0 Å². The first-order valence-corrected chi connectivity index (χ1v) is 6.59. The molecule has 1 N–H and O–H groups in total. The number of hydrogen-bond donors (Lipinski definition) is 1. The largest absolute Gasteiger partial charge is 0.469 e. The van der Waals surface area contributed by atoms with E-state index in [4.69, 9.17) is 4.74 Å². The zero-order valence-corrected chi connectivity index (χ0v) is 11.0. The maximum atomic E-state index is 12.0. The van der Waals surface area contributed by atoms with E-state index in [0.29, 0.717) is 18.0 Å². The topological polar surface area (TPSA) is 38.3 Å². The lowest BCUT2D eigenvalue weighted by atomic mass is 10.1. The predicted octanol–water partition coefficient (Wildman–Crippen LogP) is 3.07. The van der Waals surface area contributed by atoms with E-state index in [1.807, 2.05) is 48.5 Å². The van der Waals surface area contributed by atoms with Crippen molar-refractivity contribution in [2.75, 3.05) is 6.54 Å². The SMILES string of the molecule is O=C(C=C1NCC(c2ccccc2)O1)c1ccccc1. The minimum atomic E-state index is -0.0539. The predicted molar refractivity (Wildman–Crippen MR) is 77.1 cm³/mol. The molecule has 0 spiro atoms. The Kier molecular flexibility index (Phi) is 3.50. The molecule has 0 saturated carbocycles. The van der Waals surface area contributed by atoms with Gasteiger partial charge in [-0.1, -0.05) is 60.7 Å². The van der Waals surface area contributed by atoms with Gasteiger partial charge in [0.25, 0.3) is 0 Å². The van der Waals surface area contributed by atoms with Crippen LogP contribution in [0.2, 0.25) is 0 Å². The minimum Gasteiger partial charge on any atom is -0.469 e. The quantitative estimate of drug-likeness (QED) is 0.684. The summed E-state index contributed by atoms with van der Waals surface area (Å²) in [4.78, 5) is 12.0. The molecule has 0 radical (unpaired) electrons. The van der Waals surface area contributed by atoms with Crippen molar-refractivity contribution in [2.45, 2.75) is 6.10 Å². The van der Waals surface area contributed by atoms with Gasteiger partial charge in [0.2, 0.25) is 0 Å². The molecule has 3 nitrogen and oxygen atoms in total. The zero-order valence-electron chi connectivity index (χ0n) is 11.0. The number of carbonyl (C=O) groups is 1. The van der Waals surface area contributed by atoms with Crippen LogP contribution in [-0.4, -0.2) is 12.3 Å². The van der Waals surface area contributed by atoms with Gasteiger partial charge < -0.3 is 10.1 Å². The average molecular weight is 265 g/mol. The third kappa shape index (κ3) is 2.72. The molecule has 100 valence electrons. The van der Waals surface area contributed by atoms with Gasteiger partial charge in [-0.3, -0.25) is 4.79 Å². The van der Waals surface area contributed by atoms with E-state index >= 15 is 0 Å². The first-order valence-electron chi connectivity index (χ1n) is 6.59. The first-order chi connectivity index (χ1) is 9.83. The second kappa shape index (κ2) is 5.61. The van der Waals surface area contributed by atoms with Crippen LogP contribution in [0.15, 0.2) is 72.6 Å². The average Bonchev–Trinajstić information content (AvgIpc) is 2.97. The molecule has 1 heterocycles. The van der Waals surface area contributed by atoms with E-state index in [1.54, 1.807) is 12.1 Å². The van der Waals surface area contributed by atoms with Crippen LogP contribution in [0.1, 0.15) is 22.0 Å². The van der Waals surface area contributed by atoms with Crippen LogP contribution in [-0.2, 0) is 4.74 Å². The van der Waals surface area contributed by atoms with Crippen molar-refractivity contribution in [1.82, 2.24) is 5.32 Å². The van der Waals surface area contributed by atoms with E-state index in [1.165, 1.54) is 6.08 Å². The Bertz CT molecular complexity index is 620. The molecule has 2 aromatic carbocycles. The number of nitrogens with one attached hydrogen (secondary N) is 1. The molecule has 1 saturated heterocycles. The zero-order chi connectivity index (χ0) is 13.8. The fraction of sp³-hybridized carbons (Fsp3) is 0.118. The Hall–Kier alpha value is -2.55. The third-order valence-corrected chi connectivity index (χ3v) is 3.22. The van der Waals surface area contributed by atoms with Gasteiger partial charge in [-0.2, -0.15) is 0 Å². The maximum absolute atomic E-state index is 12.0. The van der Waals surface area contributed by atoms with E-state index in [2.05, 4.69) is 5.32 Å². The van der Waals surface area contributed by atoms with Crippen LogP contribution in [0.3, 0.4) is 0 Å². The fourth-order valence-electron chi connectivity index (χ4n) is 2.17. The van der Waals surface area contributed by atoms with Gasteiger partial charge in [-0.25, -0.2) is 0 Å².